The first kappa shape index (κ1) is 15.7. The minimum atomic E-state index is 0. The molecule has 0 bridgehead atoms. The number of guanidine groups is 1. The first-order chi connectivity index (χ1) is 8.22. The Bertz CT molecular complexity index is 405. The van der Waals surface area contributed by atoms with Crippen LogP contribution in [0.2, 0.25) is 0 Å². The SMILES string of the molecule is CCc1nc(CNC(=NC)NC2CC2C)cs1.I. The summed E-state index contributed by atoms with van der Waals surface area (Å²) in [5, 5.41) is 10.00. The molecule has 0 radical (unpaired) electrons. The maximum Gasteiger partial charge on any atom is 0.191 e. The highest BCUT2D eigenvalue weighted by molar-refractivity contribution is 14.0. The van der Waals surface area contributed by atoms with Gasteiger partial charge in [-0.05, 0) is 18.8 Å². The summed E-state index contributed by atoms with van der Waals surface area (Å²) in [5.74, 6) is 1.66. The van der Waals surface area contributed by atoms with Gasteiger partial charge in [-0.3, -0.25) is 4.99 Å². The van der Waals surface area contributed by atoms with Gasteiger partial charge in [0.2, 0.25) is 0 Å². The third kappa shape index (κ3) is 4.38. The van der Waals surface area contributed by atoms with Crippen LogP contribution in [0.1, 0.15) is 31.0 Å². The molecule has 18 heavy (non-hydrogen) atoms. The number of hydrogen-bond donors (Lipinski definition) is 2. The second kappa shape index (κ2) is 7.28. The number of aromatic nitrogens is 1. The lowest BCUT2D eigenvalue weighted by molar-refractivity contribution is 0.757. The fourth-order valence-electron chi connectivity index (χ4n) is 1.66. The molecule has 1 fully saturated rings. The molecule has 1 aromatic heterocycles. The molecule has 0 aromatic carbocycles. The lowest BCUT2D eigenvalue weighted by Crippen LogP contribution is -2.38. The summed E-state index contributed by atoms with van der Waals surface area (Å²) >= 11 is 1.72. The Kier molecular flexibility index (Phi) is 6.34. The Morgan fingerprint density at radius 2 is 2.33 bits per heavy atom. The predicted octanol–water partition coefficient (Wildman–Crippen LogP) is 2.40. The largest absolute Gasteiger partial charge is 0.353 e. The van der Waals surface area contributed by atoms with Gasteiger partial charge in [0.1, 0.15) is 0 Å². The molecule has 1 aliphatic rings. The average molecular weight is 380 g/mol. The molecule has 2 rings (SSSR count). The summed E-state index contributed by atoms with van der Waals surface area (Å²) in [6.07, 6.45) is 2.26. The maximum atomic E-state index is 4.52. The number of rotatable bonds is 4. The van der Waals surface area contributed by atoms with E-state index in [-0.39, 0.29) is 24.0 Å². The number of aliphatic imine (C=N–C) groups is 1. The fraction of sp³-hybridized carbons (Fsp3) is 0.667. The molecule has 0 amide bonds. The first-order valence-corrected chi connectivity index (χ1v) is 7.01. The normalized spacial score (nSPS) is 22.3. The van der Waals surface area contributed by atoms with Crippen LogP contribution >= 0.6 is 35.3 Å². The summed E-state index contributed by atoms with van der Waals surface area (Å²) in [7, 11) is 1.81. The van der Waals surface area contributed by atoms with Crippen molar-refractivity contribution in [3.63, 3.8) is 0 Å². The summed E-state index contributed by atoms with van der Waals surface area (Å²) in [4.78, 5) is 8.73. The van der Waals surface area contributed by atoms with E-state index in [1.54, 1.807) is 18.4 Å². The van der Waals surface area contributed by atoms with E-state index in [0.717, 1.165) is 30.5 Å². The van der Waals surface area contributed by atoms with Crippen molar-refractivity contribution in [2.24, 2.45) is 10.9 Å². The van der Waals surface area contributed by atoms with Gasteiger partial charge in [0, 0.05) is 18.5 Å². The molecular formula is C12H21IN4S. The molecule has 1 heterocycles. The van der Waals surface area contributed by atoms with Crippen molar-refractivity contribution in [2.45, 2.75) is 39.3 Å². The van der Waals surface area contributed by atoms with Gasteiger partial charge in [-0.15, -0.1) is 35.3 Å². The quantitative estimate of drug-likeness (QED) is 0.479. The average Bonchev–Trinajstić information content (AvgIpc) is 2.85. The summed E-state index contributed by atoms with van der Waals surface area (Å²) in [5.41, 5.74) is 1.10. The van der Waals surface area contributed by atoms with Gasteiger partial charge >= 0.3 is 0 Å². The minimum absolute atomic E-state index is 0. The van der Waals surface area contributed by atoms with Crippen LogP contribution in [0.5, 0.6) is 0 Å². The van der Waals surface area contributed by atoms with Crippen LogP contribution in [-0.4, -0.2) is 24.0 Å². The standard InChI is InChI=1S/C12H20N4S.HI/c1-4-11-15-9(7-17-11)6-14-12(13-3)16-10-5-8(10)2;/h7-8,10H,4-6H2,1-3H3,(H2,13,14,16);1H. The molecule has 0 aliphatic heterocycles. The van der Waals surface area contributed by atoms with Crippen molar-refractivity contribution in [3.05, 3.63) is 16.1 Å². The van der Waals surface area contributed by atoms with Crippen molar-refractivity contribution in [1.29, 1.82) is 0 Å². The smallest absolute Gasteiger partial charge is 0.191 e. The molecule has 1 aromatic rings. The second-order valence-electron chi connectivity index (χ2n) is 4.48. The molecule has 2 N–H and O–H groups in total. The molecule has 0 spiro atoms. The van der Waals surface area contributed by atoms with Gasteiger partial charge in [0.25, 0.3) is 0 Å². The van der Waals surface area contributed by atoms with Gasteiger partial charge in [0.15, 0.2) is 5.96 Å². The molecule has 6 heteroatoms. The highest BCUT2D eigenvalue weighted by Gasteiger charge is 2.33. The lowest BCUT2D eigenvalue weighted by atomic mass is 10.4. The summed E-state index contributed by atoms with van der Waals surface area (Å²) in [6, 6.07) is 0.600. The van der Waals surface area contributed by atoms with E-state index in [9.17, 15) is 0 Å². The second-order valence-corrected chi connectivity index (χ2v) is 5.42. The zero-order valence-electron chi connectivity index (χ0n) is 11.1. The summed E-state index contributed by atoms with van der Waals surface area (Å²) < 4.78 is 0. The van der Waals surface area contributed by atoms with Crippen LogP contribution < -0.4 is 10.6 Å². The summed E-state index contributed by atoms with van der Waals surface area (Å²) in [6.45, 7) is 5.13. The Labute approximate surface area is 130 Å². The molecule has 102 valence electrons. The molecule has 1 saturated carbocycles. The minimum Gasteiger partial charge on any atom is -0.353 e. The van der Waals surface area contributed by atoms with E-state index in [1.165, 1.54) is 11.4 Å². The Morgan fingerprint density at radius 1 is 1.61 bits per heavy atom. The van der Waals surface area contributed by atoms with Crippen LogP contribution in [0, 0.1) is 5.92 Å². The third-order valence-electron chi connectivity index (χ3n) is 2.99. The van der Waals surface area contributed by atoms with Gasteiger partial charge in [-0.1, -0.05) is 13.8 Å². The Balaban J connectivity index is 0.00000162. The van der Waals surface area contributed by atoms with Gasteiger partial charge in [-0.2, -0.15) is 0 Å². The highest BCUT2D eigenvalue weighted by Crippen LogP contribution is 2.28. The molecule has 4 nitrogen and oxygen atoms in total. The van der Waals surface area contributed by atoms with Crippen molar-refractivity contribution < 1.29 is 0 Å². The van der Waals surface area contributed by atoms with Gasteiger partial charge in [0.05, 0.1) is 17.2 Å². The first-order valence-electron chi connectivity index (χ1n) is 6.13. The van der Waals surface area contributed by atoms with E-state index < -0.39 is 0 Å². The third-order valence-corrected chi connectivity index (χ3v) is 4.04. The van der Waals surface area contributed by atoms with Crippen molar-refractivity contribution in [1.82, 2.24) is 15.6 Å². The van der Waals surface area contributed by atoms with Crippen LogP contribution in [0.25, 0.3) is 0 Å². The van der Waals surface area contributed by atoms with Crippen LogP contribution in [0.4, 0.5) is 0 Å². The maximum absolute atomic E-state index is 4.52. The van der Waals surface area contributed by atoms with Crippen LogP contribution in [0.15, 0.2) is 10.4 Å². The zero-order valence-corrected chi connectivity index (χ0v) is 14.2. The Morgan fingerprint density at radius 3 is 2.83 bits per heavy atom. The number of nitrogens with zero attached hydrogens (tertiary/aromatic N) is 2. The monoisotopic (exact) mass is 380 g/mol. The zero-order chi connectivity index (χ0) is 12.3. The van der Waals surface area contributed by atoms with Crippen LogP contribution in [-0.2, 0) is 13.0 Å². The Hall–Kier alpha value is -0.370. The number of thiazole rings is 1. The van der Waals surface area contributed by atoms with E-state index in [0.29, 0.717) is 6.04 Å². The predicted molar refractivity (Wildman–Crippen MR) is 87.8 cm³/mol. The molecular weight excluding hydrogens is 359 g/mol. The lowest BCUT2D eigenvalue weighted by Gasteiger charge is -2.10. The number of halogens is 1. The highest BCUT2D eigenvalue weighted by atomic mass is 127. The van der Waals surface area contributed by atoms with Gasteiger partial charge in [-0.25, -0.2) is 4.98 Å². The molecule has 2 atom stereocenters. The van der Waals surface area contributed by atoms with Crippen LogP contribution in [0.3, 0.4) is 0 Å². The molecule has 1 aliphatic carbocycles. The number of nitrogens with one attached hydrogen (secondary N) is 2. The topological polar surface area (TPSA) is 49.3 Å². The van der Waals surface area contributed by atoms with Crippen molar-refractivity contribution >= 4 is 41.3 Å². The van der Waals surface area contributed by atoms with E-state index in [4.69, 9.17) is 0 Å². The molecule has 2 unspecified atom stereocenters. The van der Waals surface area contributed by atoms with Crippen molar-refractivity contribution in [3.8, 4) is 0 Å². The number of aryl methyl sites for hydroxylation is 1. The van der Waals surface area contributed by atoms with Crippen molar-refractivity contribution in [2.75, 3.05) is 7.05 Å². The van der Waals surface area contributed by atoms with Gasteiger partial charge < -0.3 is 10.6 Å². The van der Waals surface area contributed by atoms with E-state index >= 15 is 0 Å². The van der Waals surface area contributed by atoms with E-state index in [1.807, 2.05) is 0 Å². The number of hydrogen-bond acceptors (Lipinski definition) is 3. The molecule has 0 saturated heterocycles. The fourth-order valence-corrected chi connectivity index (χ4v) is 2.40. The van der Waals surface area contributed by atoms with E-state index in [2.05, 4.69) is 39.8 Å².